The van der Waals surface area contributed by atoms with Crippen molar-refractivity contribution in [3.8, 4) is 5.75 Å². The second kappa shape index (κ2) is 13.1. The first-order chi connectivity index (χ1) is 16.0. The first-order valence-electron chi connectivity index (χ1n) is 12.4. The Morgan fingerprint density at radius 2 is 1.91 bits per heavy atom. The van der Waals surface area contributed by atoms with Crippen molar-refractivity contribution in [1.82, 2.24) is 0 Å². The van der Waals surface area contributed by atoms with Gasteiger partial charge in [-0.1, -0.05) is 62.8 Å². The SMILES string of the molecule is CC(C)(C)[Si](C)(C)O[C@H](CCC1=CCC(=O)[C@@H]1C/C=C\CCCC(=O)O)COc1ccccc1. The number of unbranched alkanes of at least 4 members (excludes halogenated alkanes) is 1. The molecule has 2 atom stereocenters. The summed E-state index contributed by atoms with van der Waals surface area (Å²) >= 11 is 0. The molecular formula is C28H42O5Si. The molecule has 1 N–H and O–H groups in total. The summed E-state index contributed by atoms with van der Waals surface area (Å²) in [5, 5.41) is 8.85. The zero-order valence-corrected chi connectivity index (χ0v) is 22.5. The number of carbonyl (C=O) groups excluding carboxylic acids is 1. The molecule has 0 heterocycles. The number of para-hydroxylation sites is 1. The van der Waals surface area contributed by atoms with E-state index in [1.54, 1.807) is 0 Å². The third-order valence-electron chi connectivity index (χ3n) is 6.90. The van der Waals surface area contributed by atoms with Gasteiger partial charge in [0.15, 0.2) is 8.32 Å². The number of carboxylic acids is 1. The number of ether oxygens (including phenoxy) is 1. The molecule has 188 valence electrons. The molecule has 0 unspecified atom stereocenters. The van der Waals surface area contributed by atoms with Crippen molar-refractivity contribution in [1.29, 1.82) is 0 Å². The Morgan fingerprint density at radius 1 is 1.21 bits per heavy atom. The average molecular weight is 487 g/mol. The van der Waals surface area contributed by atoms with Gasteiger partial charge in [0.25, 0.3) is 0 Å². The fourth-order valence-corrected chi connectivity index (χ4v) is 5.18. The van der Waals surface area contributed by atoms with E-state index in [4.69, 9.17) is 14.3 Å². The van der Waals surface area contributed by atoms with Gasteiger partial charge in [-0.05, 0) is 62.4 Å². The van der Waals surface area contributed by atoms with Crippen molar-refractivity contribution in [3.63, 3.8) is 0 Å². The number of hydrogen-bond donors (Lipinski definition) is 1. The van der Waals surface area contributed by atoms with Crippen molar-refractivity contribution in [2.75, 3.05) is 6.61 Å². The number of carbonyl (C=O) groups is 2. The maximum atomic E-state index is 12.5. The van der Waals surface area contributed by atoms with Gasteiger partial charge in [-0.3, -0.25) is 9.59 Å². The molecule has 0 radical (unpaired) electrons. The van der Waals surface area contributed by atoms with Crippen molar-refractivity contribution in [2.45, 2.75) is 90.0 Å². The molecule has 1 aliphatic carbocycles. The van der Waals surface area contributed by atoms with Crippen molar-refractivity contribution >= 4 is 20.1 Å². The highest BCUT2D eigenvalue weighted by atomic mass is 28.4. The lowest BCUT2D eigenvalue weighted by atomic mass is 9.92. The Bertz CT molecular complexity index is 851. The smallest absolute Gasteiger partial charge is 0.303 e. The molecule has 5 nitrogen and oxygen atoms in total. The zero-order chi connectivity index (χ0) is 25.2. The zero-order valence-electron chi connectivity index (χ0n) is 21.5. The monoisotopic (exact) mass is 486 g/mol. The fraction of sp³-hybridized carbons (Fsp3) is 0.571. The summed E-state index contributed by atoms with van der Waals surface area (Å²) in [4.78, 5) is 23.1. The number of ketones is 1. The van der Waals surface area contributed by atoms with Gasteiger partial charge in [0, 0.05) is 18.8 Å². The van der Waals surface area contributed by atoms with E-state index >= 15 is 0 Å². The number of hydrogen-bond acceptors (Lipinski definition) is 4. The summed E-state index contributed by atoms with van der Waals surface area (Å²) in [7, 11) is -1.97. The molecule has 34 heavy (non-hydrogen) atoms. The minimum Gasteiger partial charge on any atom is -0.491 e. The van der Waals surface area contributed by atoms with E-state index in [-0.39, 0.29) is 29.3 Å². The third-order valence-corrected chi connectivity index (χ3v) is 11.4. The second-order valence-electron chi connectivity index (χ2n) is 10.7. The lowest BCUT2D eigenvalue weighted by molar-refractivity contribution is -0.137. The van der Waals surface area contributed by atoms with Crippen molar-refractivity contribution in [3.05, 3.63) is 54.1 Å². The number of benzene rings is 1. The van der Waals surface area contributed by atoms with Crippen LogP contribution in [0.4, 0.5) is 0 Å². The van der Waals surface area contributed by atoms with Gasteiger partial charge >= 0.3 is 5.97 Å². The lowest BCUT2D eigenvalue weighted by Gasteiger charge is -2.39. The van der Waals surface area contributed by atoms with E-state index in [9.17, 15) is 9.59 Å². The van der Waals surface area contributed by atoms with Crippen LogP contribution in [-0.4, -0.2) is 37.9 Å². The normalized spacial score (nSPS) is 17.7. The summed E-state index contributed by atoms with van der Waals surface area (Å²) in [6, 6.07) is 9.82. The summed E-state index contributed by atoms with van der Waals surface area (Å²) in [5.41, 5.74) is 1.20. The fourth-order valence-electron chi connectivity index (χ4n) is 3.81. The molecule has 0 saturated carbocycles. The molecule has 0 fully saturated rings. The van der Waals surface area contributed by atoms with Gasteiger partial charge in [-0.25, -0.2) is 0 Å². The Labute approximate surface area is 206 Å². The molecule has 1 aromatic rings. The molecule has 0 aliphatic heterocycles. The Morgan fingerprint density at radius 3 is 2.56 bits per heavy atom. The second-order valence-corrected chi connectivity index (χ2v) is 15.4. The van der Waals surface area contributed by atoms with Crippen molar-refractivity contribution in [2.24, 2.45) is 5.92 Å². The quantitative estimate of drug-likeness (QED) is 0.175. The topological polar surface area (TPSA) is 72.8 Å². The van der Waals surface area contributed by atoms with Gasteiger partial charge in [-0.15, -0.1) is 0 Å². The van der Waals surface area contributed by atoms with E-state index in [0.717, 1.165) is 25.0 Å². The van der Waals surface area contributed by atoms with Crippen LogP contribution < -0.4 is 4.74 Å². The minimum atomic E-state index is -1.97. The third kappa shape index (κ3) is 9.22. The van der Waals surface area contributed by atoms with Gasteiger partial charge < -0.3 is 14.3 Å². The van der Waals surface area contributed by atoms with Crippen LogP contribution in [0.3, 0.4) is 0 Å². The van der Waals surface area contributed by atoms with Crippen LogP contribution in [0.1, 0.15) is 65.7 Å². The van der Waals surface area contributed by atoms with Crippen LogP contribution in [0, 0.1) is 5.92 Å². The minimum absolute atomic E-state index is 0.0371. The van der Waals surface area contributed by atoms with Crippen LogP contribution in [0.15, 0.2) is 54.1 Å². The molecule has 0 aromatic heterocycles. The molecule has 0 amide bonds. The van der Waals surface area contributed by atoms with Gasteiger partial charge in [0.2, 0.25) is 0 Å². The Balaban J connectivity index is 1.97. The maximum Gasteiger partial charge on any atom is 0.303 e. The van der Waals surface area contributed by atoms with E-state index in [0.29, 0.717) is 25.9 Å². The molecule has 2 rings (SSSR count). The summed E-state index contributed by atoms with van der Waals surface area (Å²) < 4.78 is 12.8. The van der Waals surface area contributed by atoms with E-state index in [1.807, 2.05) is 42.5 Å². The summed E-state index contributed by atoms with van der Waals surface area (Å²) in [6.07, 6.45) is 10.4. The van der Waals surface area contributed by atoms with Gasteiger partial charge in [-0.2, -0.15) is 0 Å². The number of Topliss-reactive ketones (excluding diaryl/α,β-unsaturated/α-hetero) is 1. The average Bonchev–Trinajstić information content (AvgIpc) is 3.11. The molecule has 0 spiro atoms. The number of aliphatic carboxylic acids is 1. The molecule has 0 saturated heterocycles. The molecule has 0 bridgehead atoms. The van der Waals surface area contributed by atoms with Crippen LogP contribution in [0.5, 0.6) is 5.75 Å². The number of rotatable bonds is 14. The Hall–Kier alpha value is -2.18. The predicted molar refractivity (Wildman–Crippen MR) is 140 cm³/mol. The predicted octanol–water partition coefficient (Wildman–Crippen LogP) is 6.95. The van der Waals surface area contributed by atoms with Crippen molar-refractivity contribution < 1.29 is 23.9 Å². The van der Waals surface area contributed by atoms with E-state index in [1.165, 1.54) is 5.57 Å². The Kier molecular flexibility index (Phi) is 10.8. The van der Waals surface area contributed by atoms with Crippen LogP contribution in [0.25, 0.3) is 0 Å². The molecule has 1 aromatic carbocycles. The lowest BCUT2D eigenvalue weighted by Crippen LogP contribution is -2.45. The molecule has 1 aliphatic rings. The number of carboxylic acid groups (broad SMARTS) is 1. The highest BCUT2D eigenvalue weighted by molar-refractivity contribution is 6.74. The van der Waals surface area contributed by atoms with Crippen LogP contribution >= 0.6 is 0 Å². The largest absolute Gasteiger partial charge is 0.491 e. The van der Waals surface area contributed by atoms with Gasteiger partial charge in [0.05, 0.1) is 6.10 Å². The highest BCUT2D eigenvalue weighted by Gasteiger charge is 2.39. The summed E-state index contributed by atoms with van der Waals surface area (Å²) in [6.45, 7) is 11.7. The van der Waals surface area contributed by atoms with Crippen LogP contribution in [0.2, 0.25) is 18.1 Å². The highest BCUT2D eigenvalue weighted by Crippen LogP contribution is 2.38. The molecular weight excluding hydrogens is 444 g/mol. The first-order valence-corrected chi connectivity index (χ1v) is 15.3. The van der Waals surface area contributed by atoms with E-state index < -0.39 is 14.3 Å². The molecule has 6 heteroatoms. The first kappa shape index (κ1) is 28.1. The summed E-state index contributed by atoms with van der Waals surface area (Å²) in [5.74, 6) is 0.273. The maximum absolute atomic E-state index is 12.5. The standard InChI is InChI=1S/C28H42O5Si/c1-28(2,3)34(4,5)33-24(21-32-23-13-9-8-10-14-23)19-17-22-18-20-26(29)25(22)15-11-6-7-12-16-27(30)31/h6,8-11,13-14,18,24-25H,7,12,15-17,19-21H2,1-5H3,(H,30,31)/b11-6-/t24-,25-/m1/s1. The van der Waals surface area contributed by atoms with Crippen LogP contribution in [-0.2, 0) is 14.0 Å². The van der Waals surface area contributed by atoms with Gasteiger partial charge in [0.1, 0.15) is 18.1 Å². The number of allylic oxidation sites excluding steroid dienone is 4. The van der Waals surface area contributed by atoms with E-state index in [2.05, 4.69) is 39.9 Å².